The van der Waals surface area contributed by atoms with E-state index >= 15 is 0 Å². The van der Waals surface area contributed by atoms with Gasteiger partial charge in [0, 0.05) is 30.5 Å². The number of aromatic nitrogens is 1. The van der Waals surface area contributed by atoms with Crippen LogP contribution in [-0.4, -0.2) is 35.4 Å². The Bertz CT molecular complexity index is 922. The van der Waals surface area contributed by atoms with E-state index in [9.17, 15) is 9.18 Å². The molecule has 27 heavy (non-hydrogen) atoms. The largest absolute Gasteiger partial charge is 0.351 e. The fraction of sp³-hybridized carbons (Fsp3) is 0.318. The number of carbonyl (C=O) groups excluding carboxylic acids is 1. The smallest absolute Gasteiger partial charge is 0.267 e. The third-order valence-electron chi connectivity index (χ3n) is 5.23. The Balaban J connectivity index is 1.32. The van der Waals surface area contributed by atoms with Crippen molar-refractivity contribution in [2.75, 3.05) is 19.6 Å². The van der Waals surface area contributed by atoms with Gasteiger partial charge in [-0.2, -0.15) is 0 Å². The van der Waals surface area contributed by atoms with Crippen LogP contribution in [0.25, 0.3) is 10.9 Å². The van der Waals surface area contributed by atoms with Crippen LogP contribution in [0.5, 0.6) is 0 Å². The molecule has 2 aromatic carbocycles. The van der Waals surface area contributed by atoms with Crippen molar-refractivity contribution in [1.82, 2.24) is 15.2 Å². The molecule has 1 saturated heterocycles. The molecule has 3 aromatic rings. The van der Waals surface area contributed by atoms with Crippen LogP contribution in [0.1, 0.15) is 28.9 Å². The molecule has 0 bridgehead atoms. The summed E-state index contributed by atoms with van der Waals surface area (Å²) in [6.07, 6.45) is 2.28. The van der Waals surface area contributed by atoms with Gasteiger partial charge in [-0.1, -0.05) is 30.3 Å². The Kier molecular flexibility index (Phi) is 5.21. The highest BCUT2D eigenvalue weighted by Crippen LogP contribution is 2.19. The number of hydrogen-bond acceptors (Lipinski definition) is 2. The molecule has 0 aliphatic carbocycles. The van der Waals surface area contributed by atoms with Gasteiger partial charge >= 0.3 is 0 Å². The predicted molar refractivity (Wildman–Crippen MR) is 105 cm³/mol. The van der Waals surface area contributed by atoms with Gasteiger partial charge in [0.25, 0.3) is 5.91 Å². The van der Waals surface area contributed by atoms with Gasteiger partial charge in [0.2, 0.25) is 0 Å². The second kappa shape index (κ2) is 7.92. The van der Waals surface area contributed by atoms with Crippen molar-refractivity contribution >= 4 is 16.8 Å². The third kappa shape index (κ3) is 4.37. The molecule has 1 atom stereocenters. The van der Waals surface area contributed by atoms with Crippen LogP contribution in [0.15, 0.2) is 54.6 Å². The van der Waals surface area contributed by atoms with Crippen LogP contribution in [0.2, 0.25) is 0 Å². The molecule has 0 saturated carbocycles. The molecular formula is C22H24FN3O. The molecule has 2 heterocycles. The van der Waals surface area contributed by atoms with Crippen LogP contribution in [-0.2, 0) is 6.54 Å². The monoisotopic (exact) mass is 365 g/mol. The lowest BCUT2D eigenvalue weighted by atomic mass is 9.97. The summed E-state index contributed by atoms with van der Waals surface area (Å²) in [5, 5.41) is 3.75. The van der Waals surface area contributed by atoms with Gasteiger partial charge in [-0.3, -0.25) is 9.69 Å². The zero-order chi connectivity index (χ0) is 18.6. The number of benzene rings is 2. The standard InChI is InChI=1S/C22H24FN3O/c23-19-8-9-20-18(11-19)12-21(25-20)22(27)24-13-17-7-4-10-26(15-17)14-16-5-2-1-3-6-16/h1-3,5-6,8-9,11-12,17,25H,4,7,10,13-15H2,(H,24,27). The Morgan fingerprint density at radius 2 is 2.04 bits per heavy atom. The minimum atomic E-state index is -0.297. The lowest BCUT2D eigenvalue weighted by Crippen LogP contribution is -2.40. The van der Waals surface area contributed by atoms with E-state index in [1.165, 1.54) is 17.7 Å². The molecule has 1 aliphatic heterocycles. The molecule has 1 unspecified atom stereocenters. The van der Waals surface area contributed by atoms with Crippen LogP contribution in [0.4, 0.5) is 4.39 Å². The normalized spacial score (nSPS) is 17.9. The number of carbonyl (C=O) groups is 1. The third-order valence-corrected chi connectivity index (χ3v) is 5.23. The minimum Gasteiger partial charge on any atom is -0.351 e. The van der Waals surface area contributed by atoms with Crippen LogP contribution >= 0.6 is 0 Å². The van der Waals surface area contributed by atoms with Crippen LogP contribution in [0.3, 0.4) is 0 Å². The van der Waals surface area contributed by atoms with Crippen molar-refractivity contribution in [1.29, 1.82) is 0 Å². The van der Waals surface area contributed by atoms with E-state index in [0.29, 0.717) is 23.5 Å². The van der Waals surface area contributed by atoms with Crippen molar-refractivity contribution < 1.29 is 9.18 Å². The first-order valence-electron chi connectivity index (χ1n) is 9.50. The summed E-state index contributed by atoms with van der Waals surface area (Å²) in [6, 6.07) is 16.7. The Morgan fingerprint density at radius 3 is 2.89 bits per heavy atom. The van der Waals surface area contributed by atoms with E-state index in [0.717, 1.165) is 38.0 Å². The molecule has 4 rings (SSSR count). The number of likely N-dealkylation sites (tertiary alicyclic amines) is 1. The van der Waals surface area contributed by atoms with Gasteiger partial charge in [0.1, 0.15) is 11.5 Å². The molecule has 2 N–H and O–H groups in total. The fourth-order valence-corrected chi connectivity index (χ4v) is 3.86. The number of amides is 1. The predicted octanol–water partition coefficient (Wildman–Crippen LogP) is 3.95. The number of fused-ring (bicyclic) bond motifs is 1. The van der Waals surface area contributed by atoms with Gasteiger partial charge in [0.05, 0.1) is 0 Å². The maximum Gasteiger partial charge on any atom is 0.267 e. The Labute approximate surface area is 158 Å². The molecular weight excluding hydrogens is 341 g/mol. The number of H-pyrrole nitrogens is 1. The summed E-state index contributed by atoms with van der Waals surface area (Å²) in [5.41, 5.74) is 2.58. The van der Waals surface area contributed by atoms with Gasteiger partial charge < -0.3 is 10.3 Å². The topological polar surface area (TPSA) is 48.1 Å². The molecule has 0 radical (unpaired) electrons. The molecule has 1 fully saturated rings. The molecule has 1 aliphatic rings. The second-order valence-corrected chi connectivity index (χ2v) is 7.35. The van der Waals surface area contributed by atoms with E-state index < -0.39 is 0 Å². The van der Waals surface area contributed by atoms with Crippen molar-refractivity contribution in [2.24, 2.45) is 5.92 Å². The summed E-state index contributed by atoms with van der Waals surface area (Å²) < 4.78 is 13.3. The maximum absolute atomic E-state index is 13.3. The van der Waals surface area contributed by atoms with Crippen LogP contribution in [0, 0.1) is 11.7 Å². The highest BCUT2D eigenvalue weighted by Gasteiger charge is 2.21. The van der Waals surface area contributed by atoms with Gasteiger partial charge in [0.15, 0.2) is 0 Å². The number of hydrogen-bond donors (Lipinski definition) is 2. The first-order chi connectivity index (χ1) is 13.2. The van der Waals surface area contributed by atoms with E-state index in [-0.39, 0.29) is 11.7 Å². The quantitative estimate of drug-likeness (QED) is 0.719. The summed E-state index contributed by atoms with van der Waals surface area (Å²) >= 11 is 0. The zero-order valence-corrected chi connectivity index (χ0v) is 15.2. The maximum atomic E-state index is 13.3. The fourth-order valence-electron chi connectivity index (χ4n) is 3.86. The van der Waals surface area contributed by atoms with Crippen molar-refractivity contribution in [3.63, 3.8) is 0 Å². The van der Waals surface area contributed by atoms with E-state index in [4.69, 9.17) is 0 Å². The Hall–Kier alpha value is -2.66. The minimum absolute atomic E-state index is 0.133. The average molecular weight is 365 g/mol. The first kappa shape index (κ1) is 17.7. The summed E-state index contributed by atoms with van der Waals surface area (Å²) in [5.74, 6) is 0.0224. The molecule has 1 amide bonds. The van der Waals surface area contributed by atoms with Crippen molar-refractivity contribution in [3.8, 4) is 0 Å². The van der Waals surface area contributed by atoms with Crippen molar-refractivity contribution in [2.45, 2.75) is 19.4 Å². The second-order valence-electron chi connectivity index (χ2n) is 7.35. The number of nitrogens with one attached hydrogen (secondary N) is 2. The highest BCUT2D eigenvalue weighted by molar-refractivity contribution is 5.97. The molecule has 1 aromatic heterocycles. The van der Waals surface area contributed by atoms with Gasteiger partial charge in [-0.25, -0.2) is 4.39 Å². The molecule has 4 nitrogen and oxygen atoms in total. The van der Waals surface area contributed by atoms with Gasteiger partial charge in [-0.15, -0.1) is 0 Å². The Morgan fingerprint density at radius 1 is 1.19 bits per heavy atom. The van der Waals surface area contributed by atoms with E-state index in [1.807, 2.05) is 6.07 Å². The number of aromatic amines is 1. The average Bonchev–Trinajstić information content (AvgIpc) is 3.10. The number of rotatable bonds is 5. The van der Waals surface area contributed by atoms with E-state index in [1.54, 1.807) is 12.1 Å². The lowest BCUT2D eigenvalue weighted by Gasteiger charge is -2.32. The van der Waals surface area contributed by atoms with Crippen molar-refractivity contribution in [3.05, 3.63) is 71.7 Å². The lowest BCUT2D eigenvalue weighted by molar-refractivity contribution is 0.0926. The summed E-state index contributed by atoms with van der Waals surface area (Å²) in [7, 11) is 0. The zero-order valence-electron chi connectivity index (χ0n) is 15.2. The SMILES string of the molecule is O=C(NCC1CCCN(Cc2ccccc2)C1)c1cc2cc(F)ccc2[nH]1. The first-order valence-corrected chi connectivity index (χ1v) is 9.50. The number of piperidine rings is 1. The number of nitrogens with zero attached hydrogens (tertiary/aromatic N) is 1. The van der Waals surface area contributed by atoms with E-state index in [2.05, 4.69) is 39.5 Å². The molecule has 0 spiro atoms. The summed E-state index contributed by atoms with van der Waals surface area (Å²) in [4.78, 5) is 18.0. The van der Waals surface area contributed by atoms with Gasteiger partial charge in [-0.05, 0) is 55.1 Å². The number of halogens is 1. The highest BCUT2D eigenvalue weighted by atomic mass is 19.1. The molecule has 140 valence electrons. The summed E-state index contributed by atoms with van der Waals surface area (Å²) in [6.45, 7) is 3.72. The molecule has 5 heteroatoms. The van der Waals surface area contributed by atoms with Crippen LogP contribution < -0.4 is 5.32 Å².